The van der Waals surface area contributed by atoms with Crippen molar-refractivity contribution in [1.29, 1.82) is 0 Å². The fourth-order valence-electron chi connectivity index (χ4n) is 1.78. The SMILES string of the molecule is Cc1ccc(S(=O)(=O)c2ncc3cc[nH]c3n2)cc1. The molecule has 0 saturated heterocycles. The van der Waals surface area contributed by atoms with Crippen LogP contribution in [-0.2, 0) is 9.84 Å². The van der Waals surface area contributed by atoms with Gasteiger partial charge >= 0.3 is 0 Å². The van der Waals surface area contributed by atoms with Gasteiger partial charge in [0.1, 0.15) is 5.65 Å². The van der Waals surface area contributed by atoms with Crippen molar-refractivity contribution in [2.24, 2.45) is 0 Å². The minimum Gasteiger partial charge on any atom is -0.346 e. The maximum Gasteiger partial charge on any atom is 0.253 e. The lowest BCUT2D eigenvalue weighted by Crippen LogP contribution is -2.07. The summed E-state index contributed by atoms with van der Waals surface area (Å²) >= 11 is 0. The summed E-state index contributed by atoms with van der Waals surface area (Å²) in [5.74, 6) is 0. The number of fused-ring (bicyclic) bond motifs is 1. The zero-order valence-electron chi connectivity index (χ0n) is 10.2. The van der Waals surface area contributed by atoms with E-state index in [1.54, 1.807) is 36.5 Å². The van der Waals surface area contributed by atoms with Gasteiger partial charge < -0.3 is 4.98 Å². The number of aryl methyl sites for hydroxylation is 1. The molecule has 0 aliphatic carbocycles. The molecule has 0 unspecified atom stereocenters. The summed E-state index contributed by atoms with van der Waals surface area (Å²) in [6.45, 7) is 1.90. The largest absolute Gasteiger partial charge is 0.346 e. The number of hydrogen-bond acceptors (Lipinski definition) is 4. The molecule has 0 aliphatic heterocycles. The fourth-order valence-corrected chi connectivity index (χ4v) is 2.88. The van der Waals surface area contributed by atoms with E-state index in [0.717, 1.165) is 10.9 Å². The van der Waals surface area contributed by atoms with Gasteiger partial charge in [-0.15, -0.1) is 0 Å². The predicted molar refractivity (Wildman–Crippen MR) is 70.5 cm³/mol. The van der Waals surface area contributed by atoms with Crippen molar-refractivity contribution in [1.82, 2.24) is 15.0 Å². The van der Waals surface area contributed by atoms with E-state index in [0.29, 0.717) is 5.65 Å². The lowest BCUT2D eigenvalue weighted by atomic mass is 10.2. The second-order valence-corrected chi connectivity index (χ2v) is 6.09. The Bertz CT molecular complexity index is 836. The standard InChI is InChI=1S/C13H11N3O2S/c1-9-2-4-11(5-3-9)19(17,18)13-15-8-10-6-7-14-12(10)16-13/h2-8H,1H3,(H,14,15,16). The Labute approximate surface area is 110 Å². The summed E-state index contributed by atoms with van der Waals surface area (Å²) in [5.41, 5.74) is 1.51. The van der Waals surface area contributed by atoms with Crippen LogP contribution in [0.15, 0.2) is 52.8 Å². The molecule has 0 atom stereocenters. The summed E-state index contributed by atoms with van der Waals surface area (Å²) in [6, 6.07) is 8.41. The smallest absolute Gasteiger partial charge is 0.253 e. The van der Waals surface area contributed by atoms with Gasteiger partial charge in [0.05, 0.1) is 4.90 Å². The molecule has 96 valence electrons. The average molecular weight is 273 g/mol. The van der Waals surface area contributed by atoms with Gasteiger partial charge in [0.25, 0.3) is 5.16 Å². The second-order valence-electron chi connectivity index (χ2n) is 4.25. The van der Waals surface area contributed by atoms with Crippen molar-refractivity contribution in [3.63, 3.8) is 0 Å². The molecule has 0 spiro atoms. The first kappa shape index (κ1) is 11.9. The Kier molecular flexibility index (Phi) is 2.60. The number of hydrogen-bond donors (Lipinski definition) is 1. The highest BCUT2D eigenvalue weighted by Gasteiger charge is 2.21. The summed E-state index contributed by atoms with van der Waals surface area (Å²) in [4.78, 5) is 11.1. The zero-order valence-corrected chi connectivity index (χ0v) is 11.0. The van der Waals surface area contributed by atoms with Crippen molar-refractivity contribution in [2.45, 2.75) is 17.0 Å². The van der Waals surface area contributed by atoms with Gasteiger partial charge in [0.15, 0.2) is 0 Å². The number of sulfone groups is 1. The minimum atomic E-state index is -3.67. The van der Waals surface area contributed by atoms with Crippen molar-refractivity contribution < 1.29 is 8.42 Å². The van der Waals surface area contributed by atoms with E-state index >= 15 is 0 Å². The number of aromatic amines is 1. The number of benzene rings is 1. The van der Waals surface area contributed by atoms with Crippen LogP contribution in [0.25, 0.3) is 11.0 Å². The minimum absolute atomic E-state index is 0.189. The van der Waals surface area contributed by atoms with Crippen LogP contribution in [0.5, 0.6) is 0 Å². The third-order valence-corrected chi connectivity index (χ3v) is 4.42. The Morgan fingerprint density at radius 3 is 2.58 bits per heavy atom. The van der Waals surface area contributed by atoms with Crippen LogP contribution in [0.4, 0.5) is 0 Å². The van der Waals surface area contributed by atoms with Gasteiger partial charge in [-0.2, -0.15) is 4.98 Å². The highest BCUT2D eigenvalue weighted by atomic mass is 32.2. The summed E-state index contributed by atoms with van der Waals surface area (Å²) in [6.07, 6.45) is 3.20. The van der Waals surface area contributed by atoms with E-state index < -0.39 is 9.84 Å². The van der Waals surface area contributed by atoms with E-state index in [2.05, 4.69) is 15.0 Å². The molecule has 6 heteroatoms. The molecular formula is C13H11N3O2S. The number of rotatable bonds is 2. The summed E-state index contributed by atoms with van der Waals surface area (Å²) in [7, 11) is -3.67. The number of aromatic nitrogens is 3. The molecule has 3 rings (SSSR count). The molecular weight excluding hydrogens is 262 g/mol. The molecule has 5 nitrogen and oxygen atoms in total. The Hall–Kier alpha value is -2.21. The van der Waals surface area contributed by atoms with E-state index in [-0.39, 0.29) is 10.1 Å². The lowest BCUT2D eigenvalue weighted by Gasteiger charge is -2.03. The molecule has 19 heavy (non-hydrogen) atoms. The highest BCUT2D eigenvalue weighted by molar-refractivity contribution is 7.91. The normalized spacial score (nSPS) is 11.8. The molecule has 0 amide bonds. The number of nitrogens with one attached hydrogen (secondary N) is 1. The van der Waals surface area contributed by atoms with Gasteiger partial charge in [-0.05, 0) is 25.1 Å². The van der Waals surface area contributed by atoms with Crippen LogP contribution < -0.4 is 0 Å². The van der Waals surface area contributed by atoms with Gasteiger partial charge in [0.2, 0.25) is 9.84 Å². The average Bonchev–Trinajstić information content (AvgIpc) is 2.86. The maximum atomic E-state index is 12.4. The van der Waals surface area contributed by atoms with E-state index in [1.165, 1.54) is 6.20 Å². The molecule has 0 saturated carbocycles. The first-order chi connectivity index (χ1) is 9.07. The van der Waals surface area contributed by atoms with Crippen LogP contribution >= 0.6 is 0 Å². The highest BCUT2D eigenvalue weighted by Crippen LogP contribution is 2.19. The third kappa shape index (κ3) is 2.00. The van der Waals surface area contributed by atoms with Crippen LogP contribution in [-0.4, -0.2) is 23.4 Å². The van der Waals surface area contributed by atoms with Gasteiger partial charge in [0, 0.05) is 17.8 Å². The van der Waals surface area contributed by atoms with Crippen molar-refractivity contribution >= 4 is 20.9 Å². The molecule has 0 fully saturated rings. The van der Waals surface area contributed by atoms with Gasteiger partial charge in [-0.1, -0.05) is 17.7 Å². The molecule has 1 N–H and O–H groups in total. The first-order valence-electron chi connectivity index (χ1n) is 5.69. The van der Waals surface area contributed by atoms with Gasteiger partial charge in [-0.3, -0.25) is 0 Å². The quantitative estimate of drug-likeness (QED) is 0.725. The molecule has 2 heterocycles. The molecule has 0 radical (unpaired) electrons. The van der Waals surface area contributed by atoms with E-state index in [4.69, 9.17) is 0 Å². The van der Waals surface area contributed by atoms with E-state index in [1.807, 2.05) is 6.92 Å². The Balaban J connectivity index is 2.15. The molecule has 1 aromatic carbocycles. The third-order valence-electron chi connectivity index (χ3n) is 2.85. The van der Waals surface area contributed by atoms with Crippen molar-refractivity contribution in [3.8, 4) is 0 Å². The van der Waals surface area contributed by atoms with E-state index in [9.17, 15) is 8.42 Å². The Morgan fingerprint density at radius 1 is 1.11 bits per heavy atom. The van der Waals surface area contributed by atoms with Crippen LogP contribution in [0.2, 0.25) is 0 Å². The fraction of sp³-hybridized carbons (Fsp3) is 0.0769. The maximum absolute atomic E-state index is 12.4. The molecule has 0 bridgehead atoms. The Morgan fingerprint density at radius 2 is 1.84 bits per heavy atom. The van der Waals surface area contributed by atoms with Crippen molar-refractivity contribution in [2.75, 3.05) is 0 Å². The molecule has 0 aliphatic rings. The summed E-state index contributed by atoms with van der Waals surface area (Å²) < 4.78 is 24.7. The first-order valence-corrected chi connectivity index (χ1v) is 7.17. The predicted octanol–water partition coefficient (Wildman–Crippen LogP) is 2.10. The zero-order chi connectivity index (χ0) is 13.5. The monoisotopic (exact) mass is 273 g/mol. The topological polar surface area (TPSA) is 75.7 Å². The van der Waals surface area contributed by atoms with Crippen LogP contribution in [0.1, 0.15) is 5.56 Å². The van der Waals surface area contributed by atoms with Crippen LogP contribution in [0.3, 0.4) is 0 Å². The number of H-pyrrole nitrogens is 1. The summed E-state index contributed by atoms with van der Waals surface area (Å²) in [5, 5.41) is 0.592. The van der Waals surface area contributed by atoms with Crippen LogP contribution in [0, 0.1) is 6.92 Å². The second kappa shape index (κ2) is 4.17. The number of nitrogens with zero attached hydrogens (tertiary/aromatic N) is 2. The molecule has 3 aromatic rings. The van der Waals surface area contributed by atoms with Crippen molar-refractivity contribution in [3.05, 3.63) is 48.3 Å². The molecule has 2 aromatic heterocycles. The lowest BCUT2D eigenvalue weighted by molar-refractivity contribution is 0.587. The van der Waals surface area contributed by atoms with Gasteiger partial charge in [-0.25, -0.2) is 13.4 Å².